The van der Waals surface area contributed by atoms with Gasteiger partial charge in [0.05, 0.1) is 6.54 Å². The molecule has 16 heteroatoms. The van der Waals surface area contributed by atoms with Gasteiger partial charge in [0.15, 0.2) is 18.3 Å². The van der Waals surface area contributed by atoms with Gasteiger partial charge in [-0.1, -0.05) is 0 Å². The molecule has 1 aliphatic rings. The zero-order valence-electron chi connectivity index (χ0n) is 23.6. The van der Waals surface area contributed by atoms with Crippen LogP contribution < -0.4 is 10.6 Å². The zero-order valence-corrected chi connectivity index (χ0v) is 23.6. The zero-order chi connectivity index (χ0) is 30.8. The van der Waals surface area contributed by atoms with Crippen LogP contribution in [0, 0.1) is 0 Å². The lowest BCUT2D eigenvalue weighted by Gasteiger charge is -2.44. The van der Waals surface area contributed by atoms with Gasteiger partial charge in [-0.25, -0.2) is 4.79 Å². The molecule has 0 aromatic carbocycles. The Morgan fingerprint density at radius 3 is 1.80 bits per heavy atom. The van der Waals surface area contributed by atoms with Crippen molar-refractivity contribution >= 4 is 41.8 Å². The van der Waals surface area contributed by atoms with Crippen molar-refractivity contribution in [1.82, 2.24) is 10.6 Å². The number of nitrogens with one attached hydrogen (secondary N) is 2. The van der Waals surface area contributed by atoms with E-state index < -0.39 is 97.3 Å². The Kier molecular flexibility index (Phi) is 12.8. The Morgan fingerprint density at radius 2 is 1.32 bits per heavy atom. The van der Waals surface area contributed by atoms with Gasteiger partial charge < -0.3 is 43.8 Å². The second-order valence-electron chi connectivity index (χ2n) is 9.62. The fourth-order valence-corrected chi connectivity index (χ4v) is 3.46. The highest BCUT2D eigenvalue weighted by atomic mass is 16.7. The number of alkyl carbamates (subject to hydrolysis) is 1. The summed E-state index contributed by atoms with van der Waals surface area (Å²) in [6, 6.07) is -1.53. The van der Waals surface area contributed by atoms with Crippen LogP contribution in [0.5, 0.6) is 0 Å². The van der Waals surface area contributed by atoms with Crippen LogP contribution in [0.15, 0.2) is 0 Å². The van der Waals surface area contributed by atoms with Crippen molar-refractivity contribution in [1.29, 1.82) is 0 Å². The molecule has 2 N–H and O–H groups in total. The molecule has 6 atom stereocenters. The summed E-state index contributed by atoms with van der Waals surface area (Å²) < 4.78 is 36.6. The molecule has 2 amide bonds. The smallest absolute Gasteiger partial charge is 0.407 e. The largest absolute Gasteiger partial charge is 0.463 e. The number of esters is 5. The predicted molar refractivity (Wildman–Crippen MR) is 130 cm³/mol. The normalized spacial score (nSPS) is 22.9. The topological polar surface area (TPSA) is 208 Å². The Bertz CT molecular complexity index is 975. The number of hydrogen-bond donors (Lipinski definition) is 2. The summed E-state index contributed by atoms with van der Waals surface area (Å²) >= 11 is 0. The lowest BCUT2D eigenvalue weighted by Crippen LogP contribution is -2.68. The van der Waals surface area contributed by atoms with Crippen LogP contribution in [-0.4, -0.2) is 97.3 Å². The number of carbonyl (C=O) groups excluding carboxylic acids is 7. The first-order valence-electron chi connectivity index (χ1n) is 12.1. The monoisotopic (exact) mass is 576 g/mol. The van der Waals surface area contributed by atoms with Crippen molar-refractivity contribution in [2.45, 2.75) is 97.7 Å². The number of amides is 2. The highest BCUT2D eigenvalue weighted by Crippen LogP contribution is 2.28. The molecule has 0 aliphatic carbocycles. The molecule has 1 unspecified atom stereocenters. The summed E-state index contributed by atoms with van der Waals surface area (Å²) in [5, 5.41) is 4.71. The van der Waals surface area contributed by atoms with Gasteiger partial charge in [0, 0.05) is 34.6 Å². The maximum atomic E-state index is 13.2. The average molecular weight is 577 g/mol. The first-order valence-corrected chi connectivity index (χ1v) is 12.1. The van der Waals surface area contributed by atoms with Gasteiger partial charge in [-0.05, 0) is 20.8 Å². The number of carbonyl (C=O) groups is 7. The second kappa shape index (κ2) is 15.0. The van der Waals surface area contributed by atoms with E-state index in [-0.39, 0.29) is 0 Å². The quantitative estimate of drug-likeness (QED) is 0.252. The van der Waals surface area contributed by atoms with Crippen LogP contribution in [0.25, 0.3) is 0 Å². The molecule has 0 spiro atoms. The third kappa shape index (κ3) is 12.3. The molecule has 0 radical (unpaired) electrons. The summed E-state index contributed by atoms with van der Waals surface area (Å²) in [5.41, 5.74) is -0.856. The molecule has 1 heterocycles. The minimum Gasteiger partial charge on any atom is -0.463 e. The number of rotatable bonds is 10. The molecule has 0 saturated carbocycles. The summed E-state index contributed by atoms with van der Waals surface area (Å²) in [6.45, 7) is 9.07. The summed E-state index contributed by atoms with van der Waals surface area (Å²) in [7, 11) is 0. The fourth-order valence-electron chi connectivity index (χ4n) is 3.46. The first-order chi connectivity index (χ1) is 18.4. The van der Waals surface area contributed by atoms with E-state index in [9.17, 15) is 33.6 Å². The third-order valence-electron chi connectivity index (χ3n) is 4.72. The van der Waals surface area contributed by atoms with Crippen LogP contribution in [0.2, 0.25) is 0 Å². The maximum absolute atomic E-state index is 13.2. The van der Waals surface area contributed by atoms with E-state index in [1.807, 2.05) is 0 Å². The van der Waals surface area contributed by atoms with Gasteiger partial charge in [0.2, 0.25) is 6.29 Å². The summed E-state index contributed by atoms with van der Waals surface area (Å²) in [5.74, 6) is -5.21. The molecule has 0 aromatic rings. The molecule has 1 fully saturated rings. The molecule has 16 nitrogen and oxygen atoms in total. The molecular weight excluding hydrogens is 540 g/mol. The van der Waals surface area contributed by atoms with Crippen molar-refractivity contribution < 1.29 is 66.7 Å². The van der Waals surface area contributed by atoms with Crippen LogP contribution in [0.4, 0.5) is 4.79 Å². The van der Waals surface area contributed by atoms with Crippen molar-refractivity contribution in [3.63, 3.8) is 0 Å². The molecule has 226 valence electrons. The SMILES string of the molecule is CC(=O)OC[C@H]1O[C@@H](OC(C)=O)[C@H](NC(=O)C(CNC(=O)OC(C)(C)C)OC(C)=O)[C@@H](OC(C)=O)[C@@H]1OC(C)=O. The number of ether oxygens (including phenoxy) is 7. The van der Waals surface area contributed by atoms with Crippen molar-refractivity contribution in [2.24, 2.45) is 0 Å². The van der Waals surface area contributed by atoms with Gasteiger partial charge in [-0.3, -0.25) is 28.8 Å². The van der Waals surface area contributed by atoms with Crippen LogP contribution in [-0.2, 0) is 61.9 Å². The molecule has 1 saturated heterocycles. The van der Waals surface area contributed by atoms with Crippen molar-refractivity contribution in [3.8, 4) is 0 Å². The highest BCUT2D eigenvalue weighted by molar-refractivity contribution is 5.84. The Labute approximate surface area is 230 Å². The molecule has 1 aliphatic heterocycles. The molecule has 0 bridgehead atoms. The van der Waals surface area contributed by atoms with Gasteiger partial charge in [-0.15, -0.1) is 0 Å². The lowest BCUT2D eigenvalue weighted by molar-refractivity contribution is -0.271. The molecule has 0 aromatic heterocycles. The minimum atomic E-state index is -1.66. The third-order valence-corrected chi connectivity index (χ3v) is 4.72. The van der Waals surface area contributed by atoms with Gasteiger partial charge >= 0.3 is 35.9 Å². The van der Waals surface area contributed by atoms with Gasteiger partial charge in [0.1, 0.15) is 24.4 Å². The van der Waals surface area contributed by atoms with Crippen molar-refractivity contribution in [3.05, 3.63) is 0 Å². The maximum Gasteiger partial charge on any atom is 0.407 e. The van der Waals surface area contributed by atoms with E-state index in [1.165, 1.54) is 0 Å². The Hall–Kier alpha value is -3.95. The minimum absolute atomic E-state index is 0.501. The van der Waals surface area contributed by atoms with E-state index in [2.05, 4.69) is 10.6 Å². The highest BCUT2D eigenvalue weighted by Gasteiger charge is 2.52. The molecule has 40 heavy (non-hydrogen) atoms. The van der Waals surface area contributed by atoms with E-state index in [0.717, 1.165) is 34.6 Å². The van der Waals surface area contributed by atoms with E-state index >= 15 is 0 Å². The standard InChI is InChI=1S/C24H36N2O14/c1-11(27)34-10-17-19(36-13(3)29)20(37-14(4)30)18(22(39-17)38-15(5)31)26-21(32)16(35-12(2)28)9-25-23(33)40-24(6,7)8/h16-20,22H,9-10H2,1-8H3,(H,25,33)(H,26,32)/t16?,17-,18-,19-,20-,22-/m1/s1. The van der Waals surface area contributed by atoms with E-state index in [1.54, 1.807) is 20.8 Å². The van der Waals surface area contributed by atoms with Crippen LogP contribution in [0.1, 0.15) is 55.4 Å². The van der Waals surface area contributed by atoms with E-state index in [0.29, 0.717) is 0 Å². The Balaban J connectivity index is 3.38. The fraction of sp³-hybridized carbons (Fsp3) is 0.708. The molecule has 1 rings (SSSR count). The van der Waals surface area contributed by atoms with Gasteiger partial charge in [-0.2, -0.15) is 0 Å². The molecular formula is C24H36N2O14. The Morgan fingerprint density at radius 1 is 0.775 bits per heavy atom. The number of hydrogen-bond acceptors (Lipinski definition) is 14. The predicted octanol–water partition coefficient (Wildman–Crippen LogP) is -0.358. The van der Waals surface area contributed by atoms with Crippen molar-refractivity contribution in [2.75, 3.05) is 13.2 Å². The first kappa shape index (κ1) is 34.1. The summed E-state index contributed by atoms with van der Waals surface area (Å²) in [6.07, 6.45) is -8.49. The van der Waals surface area contributed by atoms with Crippen LogP contribution >= 0.6 is 0 Å². The lowest BCUT2D eigenvalue weighted by atomic mass is 9.95. The van der Waals surface area contributed by atoms with Crippen LogP contribution in [0.3, 0.4) is 0 Å². The average Bonchev–Trinajstić information content (AvgIpc) is 2.76. The summed E-state index contributed by atoms with van der Waals surface area (Å²) in [4.78, 5) is 84.1. The van der Waals surface area contributed by atoms with E-state index in [4.69, 9.17) is 33.2 Å². The van der Waals surface area contributed by atoms with Gasteiger partial charge in [0.25, 0.3) is 5.91 Å². The second-order valence-corrected chi connectivity index (χ2v) is 9.62.